The molecule has 0 atom stereocenters. The number of fused-ring (bicyclic) bond motifs is 1. The maximum atomic E-state index is 14.4. The molecule has 0 aliphatic heterocycles. The maximum absolute atomic E-state index is 14.4. The quantitative estimate of drug-likeness (QED) is 0.468. The fourth-order valence-electron chi connectivity index (χ4n) is 3.23. The summed E-state index contributed by atoms with van der Waals surface area (Å²) >= 11 is 0. The van der Waals surface area contributed by atoms with Crippen molar-refractivity contribution in [2.45, 2.75) is 27.7 Å². The molecule has 25 heavy (non-hydrogen) atoms. The Balaban J connectivity index is 2.43. The number of nitrogens with zero attached hydrogens (tertiary/aromatic N) is 2. The number of pyridine rings is 1. The molecular formula is C19H16F2N2O2. The highest BCUT2D eigenvalue weighted by atomic mass is 19.1. The van der Waals surface area contributed by atoms with Gasteiger partial charge in [-0.25, -0.2) is 8.78 Å². The van der Waals surface area contributed by atoms with Crippen LogP contribution in [-0.2, 0) is 0 Å². The minimum atomic E-state index is -0.976. The molecule has 0 amide bonds. The van der Waals surface area contributed by atoms with Crippen LogP contribution >= 0.6 is 0 Å². The van der Waals surface area contributed by atoms with Crippen LogP contribution in [0, 0.1) is 49.4 Å². The molecule has 6 heteroatoms. The number of aromatic nitrogens is 1. The molecule has 0 N–H and O–H groups in total. The van der Waals surface area contributed by atoms with Crippen molar-refractivity contribution in [3.8, 4) is 11.1 Å². The number of benzene rings is 2. The van der Waals surface area contributed by atoms with Gasteiger partial charge in [0.2, 0.25) is 0 Å². The van der Waals surface area contributed by atoms with E-state index in [9.17, 15) is 18.9 Å². The number of nitro benzene ring substituents is 1. The van der Waals surface area contributed by atoms with Gasteiger partial charge in [-0.3, -0.25) is 15.1 Å². The summed E-state index contributed by atoms with van der Waals surface area (Å²) in [5, 5.41) is 12.1. The third kappa shape index (κ3) is 2.63. The second-order valence-electron chi connectivity index (χ2n) is 6.12. The van der Waals surface area contributed by atoms with E-state index < -0.39 is 22.2 Å². The van der Waals surface area contributed by atoms with Crippen molar-refractivity contribution in [2.24, 2.45) is 0 Å². The van der Waals surface area contributed by atoms with Crippen molar-refractivity contribution < 1.29 is 13.7 Å². The fourth-order valence-corrected chi connectivity index (χ4v) is 3.23. The predicted octanol–water partition coefficient (Wildman–Crippen LogP) is 5.32. The number of rotatable bonds is 2. The number of aryl methyl sites for hydroxylation is 3. The molecular weight excluding hydrogens is 326 g/mol. The Labute approximate surface area is 143 Å². The monoisotopic (exact) mass is 342 g/mol. The van der Waals surface area contributed by atoms with Crippen molar-refractivity contribution in [2.75, 3.05) is 0 Å². The van der Waals surface area contributed by atoms with Gasteiger partial charge in [0.25, 0.3) is 5.69 Å². The Kier molecular flexibility index (Phi) is 3.99. The molecule has 3 aromatic rings. The molecule has 0 spiro atoms. The van der Waals surface area contributed by atoms with Crippen LogP contribution < -0.4 is 0 Å². The molecule has 1 aromatic heterocycles. The molecule has 128 valence electrons. The van der Waals surface area contributed by atoms with Crippen LogP contribution in [0.25, 0.3) is 22.0 Å². The number of halogens is 2. The van der Waals surface area contributed by atoms with Gasteiger partial charge in [0.05, 0.1) is 22.1 Å². The summed E-state index contributed by atoms with van der Waals surface area (Å²) in [7, 11) is 0. The SMILES string of the molecule is Cc1nc2ccc(-c3c(F)cc(F)cc3[N+](=O)[O-])c(C)c2c(C)c1C. The molecule has 4 nitrogen and oxygen atoms in total. The molecule has 0 aliphatic rings. The largest absolute Gasteiger partial charge is 0.283 e. The van der Waals surface area contributed by atoms with E-state index in [2.05, 4.69) is 4.98 Å². The van der Waals surface area contributed by atoms with Crippen LogP contribution in [0.4, 0.5) is 14.5 Å². The Bertz CT molecular complexity index is 1050. The summed E-state index contributed by atoms with van der Waals surface area (Å²) in [6.45, 7) is 7.58. The zero-order valence-electron chi connectivity index (χ0n) is 14.3. The number of nitro groups is 1. The van der Waals surface area contributed by atoms with Crippen LogP contribution in [0.3, 0.4) is 0 Å². The fraction of sp³-hybridized carbons (Fsp3) is 0.211. The van der Waals surface area contributed by atoms with Crippen LogP contribution in [0.5, 0.6) is 0 Å². The minimum absolute atomic E-state index is 0.205. The van der Waals surface area contributed by atoms with Gasteiger partial charge in [-0.1, -0.05) is 6.07 Å². The van der Waals surface area contributed by atoms with Crippen molar-refractivity contribution in [3.05, 3.63) is 68.4 Å². The molecule has 1 heterocycles. The standard InChI is InChI=1S/C19H16F2N2O2/c1-9-10(2)18-11(3)14(5-6-16(18)22-12(9)4)19-15(21)7-13(20)8-17(19)23(24)25/h5-8H,1-4H3. The first kappa shape index (κ1) is 17.0. The molecule has 0 radical (unpaired) electrons. The summed E-state index contributed by atoms with van der Waals surface area (Å²) in [6, 6.07) is 4.72. The van der Waals surface area contributed by atoms with Gasteiger partial charge in [-0.15, -0.1) is 0 Å². The van der Waals surface area contributed by atoms with Gasteiger partial charge in [0.1, 0.15) is 11.6 Å². The maximum Gasteiger partial charge on any atom is 0.283 e. The average molecular weight is 342 g/mol. The first-order valence-electron chi connectivity index (χ1n) is 7.73. The second kappa shape index (κ2) is 5.88. The molecule has 3 rings (SSSR count). The van der Waals surface area contributed by atoms with Gasteiger partial charge < -0.3 is 0 Å². The van der Waals surface area contributed by atoms with Crippen molar-refractivity contribution in [1.82, 2.24) is 4.98 Å². The lowest BCUT2D eigenvalue weighted by Crippen LogP contribution is -2.00. The average Bonchev–Trinajstić information content (AvgIpc) is 2.53. The zero-order chi connectivity index (χ0) is 18.5. The Morgan fingerprint density at radius 3 is 2.32 bits per heavy atom. The molecule has 0 aliphatic carbocycles. The zero-order valence-corrected chi connectivity index (χ0v) is 14.3. The van der Waals surface area contributed by atoms with Crippen molar-refractivity contribution >= 4 is 16.6 Å². The lowest BCUT2D eigenvalue weighted by atomic mass is 9.92. The Morgan fingerprint density at radius 2 is 1.68 bits per heavy atom. The minimum Gasteiger partial charge on any atom is -0.258 e. The first-order valence-corrected chi connectivity index (χ1v) is 7.73. The van der Waals surface area contributed by atoms with Gasteiger partial charge in [-0.2, -0.15) is 0 Å². The highest BCUT2D eigenvalue weighted by Crippen LogP contribution is 2.38. The summed E-state index contributed by atoms with van der Waals surface area (Å²) < 4.78 is 27.9. The van der Waals surface area contributed by atoms with E-state index in [0.717, 1.165) is 33.8 Å². The summed E-state index contributed by atoms with van der Waals surface area (Å²) in [5.74, 6) is -1.93. The lowest BCUT2D eigenvalue weighted by molar-refractivity contribution is -0.384. The van der Waals surface area contributed by atoms with Gasteiger partial charge in [0.15, 0.2) is 0 Å². The topological polar surface area (TPSA) is 56.0 Å². The van der Waals surface area contributed by atoms with Crippen molar-refractivity contribution in [3.63, 3.8) is 0 Å². The summed E-state index contributed by atoms with van der Waals surface area (Å²) in [6.07, 6.45) is 0. The second-order valence-corrected chi connectivity index (χ2v) is 6.12. The van der Waals surface area contributed by atoms with Crippen LogP contribution in [0.2, 0.25) is 0 Å². The Morgan fingerprint density at radius 1 is 1.00 bits per heavy atom. The van der Waals surface area contributed by atoms with Gasteiger partial charge >= 0.3 is 0 Å². The predicted molar refractivity (Wildman–Crippen MR) is 92.7 cm³/mol. The van der Waals surface area contributed by atoms with Crippen LogP contribution in [0.1, 0.15) is 22.4 Å². The van der Waals surface area contributed by atoms with Gasteiger partial charge in [-0.05, 0) is 56.0 Å². The van der Waals surface area contributed by atoms with Crippen molar-refractivity contribution in [1.29, 1.82) is 0 Å². The van der Waals surface area contributed by atoms with E-state index in [0.29, 0.717) is 17.2 Å². The molecule has 0 fully saturated rings. The van der Waals surface area contributed by atoms with Crippen LogP contribution in [-0.4, -0.2) is 9.91 Å². The highest BCUT2D eigenvalue weighted by molar-refractivity contribution is 5.93. The molecule has 2 aromatic carbocycles. The van der Waals surface area contributed by atoms with E-state index in [-0.39, 0.29) is 5.56 Å². The molecule has 0 bridgehead atoms. The van der Waals surface area contributed by atoms with E-state index in [1.807, 2.05) is 20.8 Å². The normalized spacial score (nSPS) is 11.1. The highest BCUT2D eigenvalue weighted by Gasteiger charge is 2.24. The van der Waals surface area contributed by atoms with E-state index >= 15 is 0 Å². The number of hydrogen-bond acceptors (Lipinski definition) is 3. The van der Waals surface area contributed by atoms with Crippen LogP contribution in [0.15, 0.2) is 24.3 Å². The first-order chi connectivity index (χ1) is 11.7. The summed E-state index contributed by atoms with van der Waals surface area (Å²) in [4.78, 5) is 15.1. The molecule has 0 unspecified atom stereocenters. The number of hydrogen-bond donors (Lipinski definition) is 0. The van der Waals surface area contributed by atoms with E-state index in [1.165, 1.54) is 0 Å². The molecule has 0 saturated heterocycles. The third-order valence-electron chi connectivity index (χ3n) is 4.71. The summed E-state index contributed by atoms with van der Waals surface area (Å²) in [5.41, 5.74) is 3.90. The third-order valence-corrected chi connectivity index (χ3v) is 4.71. The van der Waals surface area contributed by atoms with Gasteiger partial charge in [0, 0.05) is 17.1 Å². The van der Waals surface area contributed by atoms with E-state index in [1.54, 1.807) is 19.1 Å². The molecule has 0 saturated carbocycles. The van der Waals surface area contributed by atoms with E-state index in [4.69, 9.17) is 0 Å². The Hall–Kier alpha value is -2.89. The smallest absolute Gasteiger partial charge is 0.258 e. The lowest BCUT2D eigenvalue weighted by Gasteiger charge is -2.15.